The van der Waals surface area contributed by atoms with Gasteiger partial charge in [0.15, 0.2) is 0 Å². The third kappa shape index (κ3) is 2.83. The molecule has 1 aliphatic rings. The number of aryl methyl sites for hydroxylation is 1. The molecule has 1 aliphatic carbocycles. The highest BCUT2D eigenvalue weighted by Crippen LogP contribution is 2.33. The smallest absolute Gasteiger partial charge is 0.251 e. The zero-order chi connectivity index (χ0) is 12.5. The lowest BCUT2D eigenvalue weighted by Crippen LogP contribution is -2.54. The minimum absolute atomic E-state index is 0.0326. The van der Waals surface area contributed by atoms with Gasteiger partial charge >= 0.3 is 0 Å². The van der Waals surface area contributed by atoms with E-state index in [1.807, 2.05) is 19.1 Å². The van der Waals surface area contributed by atoms with Gasteiger partial charge in [0.25, 0.3) is 5.91 Å². The molecule has 0 unspecified atom stereocenters. The molecule has 1 saturated carbocycles. The fourth-order valence-corrected chi connectivity index (χ4v) is 3.07. The Morgan fingerprint density at radius 1 is 1.47 bits per heavy atom. The normalized spacial score (nSPS) is 17.4. The van der Waals surface area contributed by atoms with Gasteiger partial charge in [0.1, 0.15) is 0 Å². The molecule has 1 N–H and O–H groups in total. The van der Waals surface area contributed by atoms with E-state index in [1.165, 1.54) is 6.42 Å². The van der Waals surface area contributed by atoms with Gasteiger partial charge in [-0.2, -0.15) is 0 Å². The molecule has 0 bridgehead atoms. The lowest BCUT2D eigenvalue weighted by atomic mass is 9.78. The summed E-state index contributed by atoms with van der Waals surface area (Å²) in [6.07, 6.45) is 3.27. The van der Waals surface area contributed by atoms with Crippen molar-refractivity contribution in [3.63, 3.8) is 0 Å². The van der Waals surface area contributed by atoms with Crippen molar-refractivity contribution in [2.75, 3.05) is 5.33 Å². The summed E-state index contributed by atoms with van der Waals surface area (Å²) in [5.74, 6) is -0.0326. The lowest BCUT2D eigenvalue weighted by Gasteiger charge is -2.41. The van der Waals surface area contributed by atoms with Crippen LogP contribution in [0.25, 0.3) is 0 Å². The van der Waals surface area contributed by atoms with E-state index in [1.54, 1.807) is 6.07 Å². The molecule has 0 saturated heterocycles. The molecule has 2 rings (SSSR count). The summed E-state index contributed by atoms with van der Waals surface area (Å²) in [7, 11) is 0. The van der Waals surface area contributed by atoms with Crippen molar-refractivity contribution in [1.82, 2.24) is 5.32 Å². The molecule has 0 heterocycles. The maximum absolute atomic E-state index is 12.1. The van der Waals surface area contributed by atoms with E-state index in [4.69, 9.17) is 11.6 Å². The van der Waals surface area contributed by atoms with Gasteiger partial charge < -0.3 is 5.32 Å². The van der Waals surface area contributed by atoms with Gasteiger partial charge in [-0.1, -0.05) is 27.5 Å². The van der Waals surface area contributed by atoms with Crippen LogP contribution in [0, 0.1) is 6.92 Å². The molecule has 1 fully saturated rings. The minimum atomic E-state index is -0.0483. The van der Waals surface area contributed by atoms with Crippen LogP contribution >= 0.6 is 27.5 Å². The number of hydrogen-bond acceptors (Lipinski definition) is 1. The molecule has 1 aromatic rings. The van der Waals surface area contributed by atoms with E-state index >= 15 is 0 Å². The Balaban J connectivity index is 2.14. The summed E-state index contributed by atoms with van der Waals surface area (Å²) in [6.45, 7) is 1.94. The molecule has 1 aromatic carbocycles. The summed E-state index contributed by atoms with van der Waals surface area (Å²) in [4.78, 5) is 12.1. The fraction of sp³-hybridized carbons (Fsp3) is 0.462. The van der Waals surface area contributed by atoms with Gasteiger partial charge in [0, 0.05) is 15.9 Å². The van der Waals surface area contributed by atoms with E-state index in [9.17, 15) is 4.79 Å². The summed E-state index contributed by atoms with van der Waals surface area (Å²) in [5, 5.41) is 4.52. The average Bonchev–Trinajstić information content (AvgIpc) is 2.21. The fourth-order valence-electron chi connectivity index (χ4n) is 2.08. The Bertz CT molecular complexity index is 417. The van der Waals surface area contributed by atoms with Crippen LogP contribution in [0.4, 0.5) is 0 Å². The Kier molecular flexibility index (Phi) is 3.79. The molecule has 1 amide bonds. The van der Waals surface area contributed by atoms with Crippen LogP contribution < -0.4 is 5.32 Å². The monoisotopic (exact) mass is 315 g/mol. The second-order valence-electron chi connectivity index (χ2n) is 4.74. The number of carbonyl (C=O) groups is 1. The average molecular weight is 317 g/mol. The van der Waals surface area contributed by atoms with E-state index in [0.29, 0.717) is 10.6 Å². The zero-order valence-corrected chi connectivity index (χ0v) is 12.1. The minimum Gasteiger partial charge on any atom is -0.346 e. The van der Waals surface area contributed by atoms with Crippen LogP contribution in [0.3, 0.4) is 0 Å². The van der Waals surface area contributed by atoms with Crippen molar-refractivity contribution in [2.45, 2.75) is 31.7 Å². The first kappa shape index (κ1) is 12.9. The maximum Gasteiger partial charge on any atom is 0.251 e. The van der Waals surface area contributed by atoms with Gasteiger partial charge in [-0.05, 0) is 49.9 Å². The number of halogens is 2. The predicted octanol–water partition coefficient (Wildman–Crippen LogP) is 3.70. The summed E-state index contributed by atoms with van der Waals surface area (Å²) in [5.41, 5.74) is 1.60. The van der Waals surface area contributed by atoms with Gasteiger partial charge in [-0.3, -0.25) is 4.79 Å². The first-order valence-corrected chi connectivity index (χ1v) is 7.20. The number of alkyl halides is 1. The highest BCUT2D eigenvalue weighted by Gasteiger charge is 2.37. The highest BCUT2D eigenvalue weighted by atomic mass is 79.9. The first-order valence-electron chi connectivity index (χ1n) is 5.70. The molecule has 17 heavy (non-hydrogen) atoms. The first-order chi connectivity index (χ1) is 8.04. The molecule has 92 valence electrons. The van der Waals surface area contributed by atoms with Crippen molar-refractivity contribution < 1.29 is 4.79 Å². The molecule has 0 atom stereocenters. The van der Waals surface area contributed by atoms with Crippen molar-refractivity contribution in [2.24, 2.45) is 0 Å². The van der Waals surface area contributed by atoms with Crippen LogP contribution in [0.5, 0.6) is 0 Å². The van der Waals surface area contributed by atoms with Crippen LogP contribution in [0.2, 0.25) is 5.02 Å². The van der Waals surface area contributed by atoms with E-state index < -0.39 is 0 Å². The quantitative estimate of drug-likeness (QED) is 0.847. The number of hydrogen-bond donors (Lipinski definition) is 1. The largest absolute Gasteiger partial charge is 0.346 e. The Labute approximate surface area is 115 Å². The molecule has 0 aromatic heterocycles. The summed E-state index contributed by atoms with van der Waals surface area (Å²) in [6, 6.07) is 5.42. The van der Waals surface area contributed by atoms with E-state index in [-0.39, 0.29) is 11.4 Å². The number of amides is 1. The van der Waals surface area contributed by atoms with Crippen molar-refractivity contribution in [1.29, 1.82) is 0 Å². The molecule has 0 aliphatic heterocycles. The number of carbonyl (C=O) groups excluding carboxylic acids is 1. The summed E-state index contributed by atoms with van der Waals surface area (Å²) >= 11 is 9.43. The van der Waals surface area contributed by atoms with E-state index in [0.717, 1.165) is 23.7 Å². The van der Waals surface area contributed by atoms with Gasteiger partial charge in [-0.15, -0.1) is 0 Å². The standard InChI is InChI=1S/C13H15BrClNO/c1-9-5-10(7-11(15)6-9)12(17)16-13(8-14)3-2-4-13/h5-7H,2-4,8H2,1H3,(H,16,17). The lowest BCUT2D eigenvalue weighted by molar-refractivity contribution is 0.0856. The third-order valence-corrected chi connectivity index (χ3v) is 4.54. The van der Waals surface area contributed by atoms with Crippen molar-refractivity contribution in [3.8, 4) is 0 Å². The highest BCUT2D eigenvalue weighted by molar-refractivity contribution is 9.09. The zero-order valence-electron chi connectivity index (χ0n) is 9.72. The molecular weight excluding hydrogens is 302 g/mol. The Hall–Kier alpha value is -0.540. The molecule has 2 nitrogen and oxygen atoms in total. The second-order valence-corrected chi connectivity index (χ2v) is 5.74. The molecule has 0 radical (unpaired) electrons. The van der Waals surface area contributed by atoms with E-state index in [2.05, 4.69) is 21.2 Å². The molecular formula is C13H15BrClNO. The van der Waals surface area contributed by atoms with Gasteiger partial charge in [0.05, 0.1) is 5.54 Å². The topological polar surface area (TPSA) is 29.1 Å². The molecule has 4 heteroatoms. The van der Waals surface area contributed by atoms with Crippen LogP contribution in [-0.2, 0) is 0 Å². The molecule has 0 spiro atoms. The predicted molar refractivity (Wildman–Crippen MR) is 74.0 cm³/mol. The van der Waals surface area contributed by atoms with Crippen LogP contribution in [-0.4, -0.2) is 16.8 Å². The Morgan fingerprint density at radius 2 is 2.18 bits per heavy atom. The maximum atomic E-state index is 12.1. The number of benzene rings is 1. The van der Waals surface area contributed by atoms with Crippen LogP contribution in [0.1, 0.15) is 35.2 Å². The number of rotatable bonds is 3. The SMILES string of the molecule is Cc1cc(Cl)cc(C(=O)NC2(CBr)CCC2)c1. The van der Waals surface area contributed by atoms with Crippen molar-refractivity contribution >= 4 is 33.4 Å². The van der Waals surface area contributed by atoms with Gasteiger partial charge in [-0.25, -0.2) is 0 Å². The van der Waals surface area contributed by atoms with Gasteiger partial charge in [0.2, 0.25) is 0 Å². The summed E-state index contributed by atoms with van der Waals surface area (Å²) < 4.78 is 0. The van der Waals surface area contributed by atoms with Crippen molar-refractivity contribution in [3.05, 3.63) is 34.3 Å². The second kappa shape index (κ2) is 4.99. The van der Waals surface area contributed by atoms with Crippen LogP contribution in [0.15, 0.2) is 18.2 Å². The third-order valence-electron chi connectivity index (χ3n) is 3.25. The number of nitrogens with one attached hydrogen (secondary N) is 1. The Morgan fingerprint density at radius 3 is 2.65 bits per heavy atom.